The Kier molecular flexibility index (Phi) is 27.5. The number of aliphatic hydroxyl groups excluding tert-OH is 21. The SMILES string of the molecule is CC(=O)N[C@@H]1[C@@H](O[C@@H]2O[C@@H](C)[C@@H](O)[C@@H](O)[C@@H]2O)[C@H](O[C@@H]2O[C@H](CO)[C@@H](O[C@@H]3O[C@H](CO[C@H]4O[C@H](CO)[C@@H](O)[C@H](O)[C@@H]4O[C@@H]4O[C@H](CO)[C@@H](O)[C@H](O)[C@H]4NC(C)=O)[C@@H](O)[C@H](O[C@H]4O[C@H](CO)[C@@H](O)[C@H](O)[C@@H]4O)[C@@H]3O[C@@H]3O[C@H](CO)[C@H](O)[C@H]3O)[C@H](O)[C@H]2NC(C)=O)[C@@H](CO)O[C@H]1O. The second-order valence-corrected chi connectivity index (χ2v) is 24.1. The molecule has 42 nitrogen and oxygen atoms in total. The molecular formula is C53H89N3O39. The number of nitrogens with one attached hydrogen (secondary N) is 3. The summed E-state index contributed by atoms with van der Waals surface area (Å²) < 4.78 is 89.6. The van der Waals surface area contributed by atoms with Gasteiger partial charge in [0.2, 0.25) is 17.7 Å². The Labute approximate surface area is 538 Å². The topological polar surface area (TPSA) is 651 Å². The molecule has 0 aromatic heterocycles. The molecule has 8 saturated heterocycles. The maximum atomic E-state index is 13.2. The Morgan fingerprint density at radius 1 is 0.295 bits per heavy atom. The lowest BCUT2D eigenvalue weighted by atomic mass is 9.93. The molecule has 8 heterocycles. The van der Waals surface area contributed by atoms with E-state index in [1.165, 1.54) is 6.92 Å². The molecule has 0 radical (unpaired) electrons. The number of ether oxygens (including phenoxy) is 15. The predicted molar refractivity (Wildman–Crippen MR) is 292 cm³/mol. The van der Waals surface area contributed by atoms with Gasteiger partial charge in [0.1, 0.15) is 183 Å². The van der Waals surface area contributed by atoms with E-state index in [1.807, 2.05) is 0 Å². The van der Waals surface area contributed by atoms with Crippen LogP contribution >= 0.6 is 0 Å². The fraction of sp³-hybridized carbons (Fsp3) is 0.943. The van der Waals surface area contributed by atoms with Crippen molar-refractivity contribution in [2.75, 3.05) is 46.2 Å². The Bertz CT molecular complexity index is 2440. The largest absolute Gasteiger partial charge is 0.394 e. The lowest BCUT2D eigenvalue weighted by molar-refractivity contribution is -0.400. The Hall–Kier alpha value is -3.03. The van der Waals surface area contributed by atoms with E-state index >= 15 is 0 Å². The van der Waals surface area contributed by atoms with Gasteiger partial charge in [0.05, 0.1) is 52.4 Å². The van der Waals surface area contributed by atoms with Crippen LogP contribution < -0.4 is 16.0 Å². The number of rotatable bonds is 24. The Morgan fingerprint density at radius 3 is 1.18 bits per heavy atom. The van der Waals surface area contributed by atoms with Gasteiger partial charge in [-0.3, -0.25) is 14.4 Å². The van der Waals surface area contributed by atoms with Gasteiger partial charge in [0.15, 0.2) is 50.3 Å². The van der Waals surface area contributed by atoms with Crippen LogP contribution in [0.4, 0.5) is 0 Å². The van der Waals surface area contributed by atoms with Gasteiger partial charge in [-0.1, -0.05) is 0 Å². The van der Waals surface area contributed by atoms with Gasteiger partial charge in [-0.15, -0.1) is 0 Å². The van der Waals surface area contributed by atoms with E-state index in [9.17, 15) is 122 Å². The smallest absolute Gasteiger partial charge is 0.217 e. The molecule has 0 aromatic rings. The maximum absolute atomic E-state index is 13.2. The molecular weight excluding hydrogens is 1300 g/mol. The summed E-state index contributed by atoms with van der Waals surface area (Å²) in [4.78, 5) is 38.2. The van der Waals surface area contributed by atoms with Crippen molar-refractivity contribution in [1.82, 2.24) is 16.0 Å². The van der Waals surface area contributed by atoms with Crippen LogP contribution in [0.2, 0.25) is 0 Å². The third kappa shape index (κ3) is 17.0. The van der Waals surface area contributed by atoms with Crippen molar-refractivity contribution in [1.29, 1.82) is 0 Å². The summed E-state index contributed by atoms with van der Waals surface area (Å²) in [7, 11) is 0. The highest BCUT2D eigenvalue weighted by molar-refractivity contribution is 5.74. The third-order valence-corrected chi connectivity index (χ3v) is 17.5. The number of hydrogen-bond donors (Lipinski definition) is 24. The van der Waals surface area contributed by atoms with E-state index in [0.717, 1.165) is 20.8 Å². The number of carbonyl (C=O) groups is 3. The molecule has 39 atom stereocenters. The molecule has 42 heteroatoms. The molecule has 3 amide bonds. The summed E-state index contributed by atoms with van der Waals surface area (Å²) in [6, 6.07) is -5.38. The lowest BCUT2D eigenvalue weighted by Gasteiger charge is -2.51. The number of hydrogen-bond acceptors (Lipinski definition) is 39. The molecule has 24 N–H and O–H groups in total. The van der Waals surface area contributed by atoms with Gasteiger partial charge in [0, 0.05) is 20.8 Å². The third-order valence-electron chi connectivity index (χ3n) is 17.5. The van der Waals surface area contributed by atoms with E-state index in [2.05, 4.69) is 16.0 Å². The van der Waals surface area contributed by atoms with E-state index in [4.69, 9.17) is 71.1 Å². The monoisotopic (exact) mass is 1390 g/mol. The molecule has 0 aliphatic carbocycles. The minimum Gasteiger partial charge on any atom is -0.394 e. The quantitative estimate of drug-likeness (QED) is 0.0427. The van der Waals surface area contributed by atoms with Crippen LogP contribution in [0.15, 0.2) is 0 Å². The first-order chi connectivity index (χ1) is 44.9. The van der Waals surface area contributed by atoms with Gasteiger partial charge in [0.25, 0.3) is 0 Å². The van der Waals surface area contributed by atoms with Crippen molar-refractivity contribution in [3.63, 3.8) is 0 Å². The zero-order valence-electron chi connectivity index (χ0n) is 51.2. The molecule has 0 saturated carbocycles. The first-order valence-electron chi connectivity index (χ1n) is 30.4. The molecule has 0 unspecified atom stereocenters. The van der Waals surface area contributed by atoms with Gasteiger partial charge in [-0.05, 0) is 6.92 Å². The molecule has 8 rings (SSSR count). The van der Waals surface area contributed by atoms with Crippen LogP contribution in [0.1, 0.15) is 27.7 Å². The minimum atomic E-state index is -2.38. The van der Waals surface area contributed by atoms with E-state index in [0.29, 0.717) is 0 Å². The van der Waals surface area contributed by atoms with Gasteiger partial charge in [-0.2, -0.15) is 0 Å². The highest BCUT2D eigenvalue weighted by atomic mass is 16.8. The summed E-state index contributed by atoms with van der Waals surface area (Å²) in [5.41, 5.74) is 0. The molecule has 8 fully saturated rings. The second kappa shape index (κ2) is 33.6. The van der Waals surface area contributed by atoms with Gasteiger partial charge < -0.3 is 194 Å². The first-order valence-corrected chi connectivity index (χ1v) is 30.4. The van der Waals surface area contributed by atoms with Crippen LogP contribution in [0.25, 0.3) is 0 Å². The second-order valence-electron chi connectivity index (χ2n) is 24.1. The fourth-order valence-electron chi connectivity index (χ4n) is 12.3. The van der Waals surface area contributed by atoms with Crippen LogP contribution in [0, 0.1) is 0 Å². The van der Waals surface area contributed by atoms with Crippen molar-refractivity contribution in [3.05, 3.63) is 0 Å². The minimum absolute atomic E-state index is 0.815. The maximum Gasteiger partial charge on any atom is 0.217 e. The molecule has 8 aliphatic rings. The fourth-order valence-corrected chi connectivity index (χ4v) is 12.3. The van der Waals surface area contributed by atoms with E-state index in [1.54, 1.807) is 0 Å². The van der Waals surface area contributed by atoms with Crippen LogP contribution in [-0.4, -0.2) is 411 Å². The summed E-state index contributed by atoms with van der Waals surface area (Å²) in [6.45, 7) is -3.08. The van der Waals surface area contributed by atoms with Crippen molar-refractivity contribution in [2.45, 2.75) is 267 Å². The lowest BCUT2D eigenvalue weighted by Crippen LogP contribution is -2.71. The number of aliphatic hydroxyl groups is 21. The van der Waals surface area contributed by atoms with E-state index < -0.39 is 303 Å². The molecule has 95 heavy (non-hydrogen) atoms. The zero-order valence-corrected chi connectivity index (χ0v) is 51.2. The van der Waals surface area contributed by atoms with Crippen molar-refractivity contribution in [3.8, 4) is 0 Å². The van der Waals surface area contributed by atoms with Gasteiger partial charge in [-0.25, -0.2) is 0 Å². The molecule has 0 spiro atoms. The average Bonchev–Trinajstić information content (AvgIpc) is 1.21. The average molecular weight is 1390 g/mol. The number of amides is 3. The van der Waals surface area contributed by atoms with Crippen molar-refractivity contribution < 1.29 is 193 Å². The van der Waals surface area contributed by atoms with Gasteiger partial charge >= 0.3 is 0 Å². The molecule has 0 aromatic carbocycles. The van der Waals surface area contributed by atoms with Crippen LogP contribution in [0.5, 0.6) is 0 Å². The highest BCUT2D eigenvalue weighted by Gasteiger charge is 2.60. The summed E-state index contributed by atoms with van der Waals surface area (Å²) >= 11 is 0. The summed E-state index contributed by atoms with van der Waals surface area (Å²) in [5.74, 6) is -2.59. The Balaban J connectivity index is 1.17. The highest BCUT2D eigenvalue weighted by Crippen LogP contribution is 2.40. The standard InChI is InChI=1S/C53H89N3O39/c1-12-26(66)34(74)38(78)49(82-12)92-42-25(56-15(4)65)46(80)83-21(10-62)41(42)91-48-24(55-14(3)64)33(73)40(20(9-61)88-48)90-53-45(95-50-37(77)30(70)19(8-60)86-50)43(93-51-39(79)35(75)28(68)17(6-58)85-51)31(71)22(89-53)11-81-52-44(36(76)29(69)18(7-59)87-52)94-47-23(54-13(2)63)32(72)27(67)16(5-57)84-47/h12,16-53,57-62,66-80H,5-11H2,1-4H3,(H,54,63)(H,55,64)(H,56,65)/t12-,16+,17+,18+,19+,20+,21+,22+,23+,24+,25+,26+,27+,28+,29+,30-,31+,32+,33+,34+,35-,36-,37+,38-,39-,40+,41+,42+,43-,44-,45-,46+,47-,48-,49-,50-,51+,52-,53-/m0/s1. The molecule has 0 bridgehead atoms. The Morgan fingerprint density at radius 2 is 0.653 bits per heavy atom. The summed E-state index contributed by atoms with van der Waals surface area (Å²) in [5, 5.41) is 237. The molecule has 8 aliphatic heterocycles. The van der Waals surface area contributed by atoms with E-state index in [-0.39, 0.29) is 0 Å². The normalized spacial score (nSPS) is 49.8. The number of carbonyl (C=O) groups excluding carboxylic acids is 3. The van der Waals surface area contributed by atoms with Crippen molar-refractivity contribution >= 4 is 17.7 Å². The molecule has 550 valence electrons. The van der Waals surface area contributed by atoms with Crippen LogP contribution in [0.3, 0.4) is 0 Å². The zero-order chi connectivity index (χ0) is 69.9. The summed E-state index contributed by atoms with van der Waals surface area (Å²) in [6.07, 6.45) is -71.6. The predicted octanol–water partition coefficient (Wildman–Crippen LogP) is -16.4. The first kappa shape index (κ1) is 77.7. The van der Waals surface area contributed by atoms with Crippen molar-refractivity contribution in [2.24, 2.45) is 0 Å². The van der Waals surface area contributed by atoms with Crippen LogP contribution in [-0.2, 0) is 85.4 Å².